The topological polar surface area (TPSA) is 117 Å². The first-order valence-corrected chi connectivity index (χ1v) is 5.86. The Bertz CT molecular complexity index is 615. The van der Waals surface area contributed by atoms with E-state index >= 15 is 0 Å². The van der Waals surface area contributed by atoms with Crippen LogP contribution in [0.1, 0.15) is 5.56 Å². The fraction of sp³-hybridized carbons (Fsp3) is 0.250. The van der Waals surface area contributed by atoms with Crippen LogP contribution in [0, 0.1) is 0 Å². The predicted molar refractivity (Wildman–Crippen MR) is 76.0 cm³/mol. The lowest BCUT2D eigenvalue weighted by Gasteiger charge is -2.12. The average molecular weight is 293 g/mol. The lowest BCUT2D eigenvalue weighted by Crippen LogP contribution is -1.98. The van der Waals surface area contributed by atoms with E-state index in [4.69, 9.17) is 19.9 Å². The van der Waals surface area contributed by atoms with Gasteiger partial charge in [0, 0.05) is 5.56 Å². The van der Waals surface area contributed by atoms with E-state index in [-0.39, 0.29) is 11.6 Å². The molecule has 9 nitrogen and oxygen atoms in total. The molecule has 0 unspecified atom stereocenters. The summed E-state index contributed by atoms with van der Waals surface area (Å²) in [6.45, 7) is 0. The van der Waals surface area contributed by atoms with Gasteiger partial charge in [-0.25, -0.2) is 4.63 Å². The highest BCUT2D eigenvalue weighted by atomic mass is 16.6. The van der Waals surface area contributed by atoms with E-state index in [0.29, 0.717) is 17.2 Å². The number of hydrogen-bond acceptors (Lipinski definition) is 9. The summed E-state index contributed by atoms with van der Waals surface area (Å²) in [4.78, 5) is 0. The molecular formula is C12H15N5O4. The van der Waals surface area contributed by atoms with Crippen LogP contribution in [0.4, 0.5) is 11.6 Å². The fourth-order valence-corrected chi connectivity index (χ4v) is 1.62. The number of benzene rings is 1. The number of nitrogens with zero attached hydrogens (tertiary/aromatic N) is 3. The molecule has 0 atom stereocenters. The van der Waals surface area contributed by atoms with Gasteiger partial charge >= 0.3 is 0 Å². The Kier molecular flexibility index (Phi) is 4.44. The van der Waals surface area contributed by atoms with Crippen LogP contribution in [-0.4, -0.2) is 37.9 Å². The smallest absolute Gasteiger partial charge is 0.235 e. The zero-order chi connectivity index (χ0) is 15.2. The van der Waals surface area contributed by atoms with Crippen LogP contribution in [0.5, 0.6) is 17.2 Å². The maximum atomic E-state index is 5.49. The SMILES string of the molecule is COc1cc(/C=N/Nc2nonc2N)cc(OC)c1OC. The number of ether oxygens (including phenoxy) is 3. The minimum atomic E-state index is 0.122. The maximum absolute atomic E-state index is 5.49. The fourth-order valence-electron chi connectivity index (χ4n) is 1.62. The molecule has 0 spiro atoms. The summed E-state index contributed by atoms with van der Waals surface area (Å²) in [5.74, 6) is 1.92. The largest absolute Gasteiger partial charge is 0.493 e. The first-order chi connectivity index (χ1) is 10.2. The summed E-state index contributed by atoms with van der Waals surface area (Å²) in [6.07, 6.45) is 1.54. The van der Waals surface area contributed by atoms with Gasteiger partial charge in [-0.05, 0) is 22.4 Å². The number of nitrogens with two attached hydrogens (primary N) is 1. The summed E-state index contributed by atoms with van der Waals surface area (Å²) in [7, 11) is 4.62. The first kappa shape index (κ1) is 14.4. The van der Waals surface area contributed by atoms with Crippen molar-refractivity contribution >= 4 is 17.9 Å². The molecule has 1 aromatic carbocycles. The van der Waals surface area contributed by atoms with E-state index in [1.165, 1.54) is 21.3 Å². The lowest BCUT2D eigenvalue weighted by atomic mass is 10.2. The average Bonchev–Trinajstić information content (AvgIpc) is 2.91. The van der Waals surface area contributed by atoms with E-state index in [2.05, 4.69) is 25.5 Å². The number of rotatable bonds is 6. The summed E-state index contributed by atoms with van der Waals surface area (Å²) in [5, 5.41) is 10.9. The van der Waals surface area contributed by atoms with Crippen molar-refractivity contribution < 1.29 is 18.8 Å². The third-order valence-corrected chi connectivity index (χ3v) is 2.59. The van der Waals surface area contributed by atoms with Crippen molar-refractivity contribution in [2.75, 3.05) is 32.5 Å². The molecule has 0 saturated heterocycles. The normalized spacial score (nSPS) is 10.6. The second-order valence-electron chi connectivity index (χ2n) is 3.83. The highest BCUT2D eigenvalue weighted by molar-refractivity contribution is 5.83. The molecule has 2 aromatic rings. The molecule has 3 N–H and O–H groups in total. The number of anilines is 2. The molecule has 0 aliphatic heterocycles. The van der Waals surface area contributed by atoms with Crippen molar-refractivity contribution in [2.45, 2.75) is 0 Å². The molecular weight excluding hydrogens is 278 g/mol. The maximum Gasteiger partial charge on any atom is 0.235 e. The van der Waals surface area contributed by atoms with Crippen LogP contribution in [0.2, 0.25) is 0 Å². The molecule has 1 aromatic heterocycles. The van der Waals surface area contributed by atoms with Gasteiger partial charge < -0.3 is 19.9 Å². The summed E-state index contributed by atoms with van der Waals surface area (Å²) in [6, 6.07) is 3.49. The second kappa shape index (κ2) is 6.46. The van der Waals surface area contributed by atoms with Crippen molar-refractivity contribution in [2.24, 2.45) is 5.10 Å². The van der Waals surface area contributed by atoms with Crippen LogP contribution in [-0.2, 0) is 0 Å². The van der Waals surface area contributed by atoms with Gasteiger partial charge in [0.2, 0.25) is 17.4 Å². The Morgan fingerprint density at radius 2 is 1.81 bits per heavy atom. The Labute approximate surface area is 120 Å². The molecule has 0 aliphatic carbocycles. The van der Waals surface area contributed by atoms with Crippen LogP contribution >= 0.6 is 0 Å². The Hall–Kier alpha value is -2.97. The van der Waals surface area contributed by atoms with Gasteiger partial charge in [0.05, 0.1) is 27.5 Å². The zero-order valence-corrected chi connectivity index (χ0v) is 11.8. The van der Waals surface area contributed by atoms with E-state index in [1.807, 2.05) is 0 Å². The Morgan fingerprint density at radius 1 is 1.14 bits per heavy atom. The number of methoxy groups -OCH3 is 3. The van der Waals surface area contributed by atoms with Crippen molar-refractivity contribution in [1.29, 1.82) is 0 Å². The minimum Gasteiger partial charge on any atom is -0.493 e. The van der Waals surface area contributed by atoms with E-state index in [1.54, 1.807) is 18.3 Å². The van der Waals surface area contributed by atoms with Gasteiger partial charge in [0.1, 0.15) is 0 Å². The van der Waals surface area contributed by atoms with Gasteiger partial charge in [0.25, 0.3) is 0 Å². The molecule has 0 aliphatic rings. The van der Waals surface area contributed by atoms with Gasteiger partial charge in [-0.3, -0.25) is 5.43 Å². The predicted octanol–water partition coefficient (Wildman–Crippen LogP) is 1.12. The molecule has 0 saturated carbocycles. The van der Waals surface area contributed by atoms with E-state index < -0.39 is 0 Å². The molecule has 21 heavy (non-hydrogen) atoms. The number of nitrogens with one attached hydrogen (secondary N) is 1. The highest BCUT2D eigenvalue weighted by Gasteiger charge is 2.12. The number of nitrogen functional groups attached to an aromatic ring is 1. The van der Waals surface area contributed by atoms with Crippen LogP contribution in [0.25, 0.3) is 0 Å². The second-order valence-corrected chi connectivity index (χ2v) is 3.83. The standard InChI is InChI=1S/C12H15N5O4/c1-18-8-4-7(5-9(19-2)10(8)20-3)6-14-15-12-11(13)16-21-17-12/h4-6H,1-3H3,(H2,13,16)(H,15,17)/b14-6+. The van der Waals surface area contributed by atoms with Crippen LogP contribution in [0.3, 0.4) is 0 Å². The van der Waals surface area contributed by atoms with Crippen molar-refractivity contribution in [3.63, 3.8) is 0 Å². The third kappa shape index (κ3) is 3.14. The minimum absolute atomic E-state index is 0.122. The molecule has 0 bridgehead atoms. The Morgan fingerprint density at radius 3 is 2.29 bits per heavy atom. The van der Waals surface area contributed by atoms with Gasteiger partial charge in [-0.2, -0.15) is 5.10 Å². The van der Waals surface area contributed by atoms with Crippen molar-refractivity contribution in [3.05, 3.63) is 17.7 Å². The number of hydrazone groups is 1. The molecule has 0 fully saturated rings. The van der Waals surface area contributed by atoms with E-state index in [9.17, 15) is 0 Å². The Balaban J connectivity index is 2.22. The van der Waals surface area contributed by atoms with E-state index in [0.717, 1.165) is 5.56 Å². The summed E-state index contributed by atoms with van der Waals surface area (Å²) in [5.41, 5.74) is 8.83. The third-order valence-electron chi connectivity index (χ3n) is 2.59. The van der Waals surface area contributed by atoms with Crippen LogP contribution < -0.4 is 25.4 Å². The van der Waals surface area contributed by atoms with Crippen molar-refractivity contribution in [3.8, 4) is 17.2 Å². The molecule has 0 radical (unpaired) electrons. The quantitative estimate of drug-likeness (QED) is 0.601. The van der Waals surface area contributed by atoms with Crippen molar-refractivity contribution in [1.82, 2.24) is 10.3 Å². The summed E-state index contributed by atoms with van der Waals surface area (Å²) >= 11 is 0. The zero-order valence-electron chi connectivity index (χ0n) is 11.8. The monoisotopic (exact) mass is 293 g/mol. The lowest BCUT2D eigenvalue weighted by molar-refractivity contribution is 0.310. The number of aromatic nitrogens is 2. The molecule has 2 rings (SSSR count). The van der Waals surface area contributed by atoms with Gasteiger partial charge in [-0.15, -0.1) is 0 Å². The van der Waals surface area contributed by atoms with Crippen LogP contribution in [0.15, 0.2) is 21.9 Å². The molecule has 1 heterocycles. The molecule has 0 amide bonds. The first-order valence-electron chi connectivity index (χ1n) is 5.86. The molecule has 112 valence electrons. The van der Waals surface area contributed by atoms with Gasteiger partial charge in [-0.1, -0.05) is 0 Å². The van der Waals surface area contributed by atoms with Gasteiger partial charge in [0.15, 0.2) is 11.5 Å². The highest BCUT2D eigenvalue weighted by Crippen LogP contribution is 2.37. The summed E-state index contributed by atoms with van der Waals surface area (Å²) < 4.78 is 20.2. The molecule has 9 heteroatoms. The number of hydrogen-bond donors (Lipinski definition) is 2.